The van der Waals surface area contributed by atoms with Crippen LogP contribution in [0.5, 0.6) is 11.5 Å². The van der Waals surface area contributed by atoms with E-state index >= 15 is 0 Å². The summed E-state index contributed by atoms with van der Waals surface area (Å²) in [5.41, 5.74) is 0.514. The second-order valence-corrected chi connectivity index (χ2v) is 6.98. The van der Waals surface area contributed by atoms with E-state index in [0.717, 1.165) is 29.3 Å². The van der Waals surface area contributed by atoms with E-state index in [1.54, 1.807) is 24.5 Å². The number of hydrogen-bond acceptors (Lipinski definition) is 4. The summed E-state index contributed by atoms with van der Waals surface area (Å²) in [6, 6.07) is 7.65. The van der Waals surface area contributed by atoms with Gasteiger partial charge in [0.1, 0.15) is 17.7 Å². The summed E-state index contributed by atoms with van der Waals surface area (Å²) in [6.07, 6.45) is -0.564. The Hall–Kier alpha value is -2.94. The Balaban J connectivity index is 1.40. The number of aromatic nitrogens is 1. The van der Waals surface area contributed by atoms with Crippen LogP contribution in [0.1, 0.15) is 18.4 Å². The van der Waals surface area contributed by atoms with Gasteiger partial charge < -0.3 is 14.8 Å². The number of nitrogens with zero attached hydrogens (tertiary/aromatic N) is 1. The fourth-order valence-corrected chi connectivity index (χ4v) is 3.40. The molecule has 9 heteroatoms. The first kappa shape index (κ1) is 20.3. The summed E-state index contributed by atoms with van der Waals surface area (Å²) < 4.78 is 74.2. The predicted molar refractivity (Wildman–Crippen MR) is 99.1 cm³/mol. The van der Waals surface area contributed by atoms with Crippen LogP contribution in [0.4, 0.5) is 22.0 Å². The van der Waals surface area contributed by atoms with Gasteiger partial charge in [0.05, 0.1) is 0 Å². The Morgan fingerprint density at radius 2 is 1.87 bits per heavy atom. The topological polar surface area (TPSA) is 43.4 Å². The third-order valence-electron chi connectivity index (χ3n) is 5.04. The molecule has 1 aliphatic carbocycles. The molecule has 1 aromatic heterocycles. The lowest BCUT2D eigenvalue weighted by molar-refractivity contribution is -0.275. The molecule has 2 atom stereocenters. The van der Waals surface area contributed by atoms with Gasteiger partial charge in [-0.2, -0.15) is 0 Å². The maximum atomic E-state index is 14.3. The predicted octanol–water partition coefficient (Wildman–Crippen LogP) is 5.11. The van der Waals surface area contributed by atoms with Gasteiger partial charge in [0, 0.05) is 42.0 Å². The van der Waals surface area contributed by atoms with Crippen LogP contribution in [0.3, 0.4) is 0 Å². The van der Waals surface area contributed by atoms with Crippen LogP contribution in [-0.4, -0.2) is 23.5 Å². The molecule has 0 radical (unpaired) electrons. The minimum Gasteiger partial charge on any atom is -0.489 e. The zero-order valence-electron chi connectivity index (χ0n) is 15.5. The van der Waals surface area contributed by atoms with Crippen LogP contribution in [0.2, 0.25) is 0 Å². The second-order valence-electron chi connectivity index (χ2n) is 6.98. The number of fused-ring (bicyclic) bond motifs is 1. The fourth-order valence-electron chi connectivity index (χ4n) is 3.40. The van der Waals surface area contributed by atoms with Crippen molar-refractivity contribution in [2.45, 2.75) is 37.9 Å². The molecule has 30 heavy (non-hydrogen) atoms. The van der Waals surface area contributed by atoms with Crippen LogP contribution >= 0.6 is 0 Å². The van der Waals surface area contributed by atoms with E-state index in [2.05, 4.69) is 15.0 Å². The number of pyridine rings is 1. The lowest BCUT2D eigenvalue weighted by atomic mass is 9.88. The van der Waals surface area contributed by atoms with Crippen LogP contribution < -0.4 is 14.8 Å². The van der Waals surface area contributed by atoms with Crippen molar-refractivity contribution in [1.82, 2.24) is 10.3 Å². The molecule has 4 rings (SSSR count). The molecule has 0 unspecified atom stereocenters. The van der Waals surface area contributed by atoms with Crippen molar-refractivity contribution >= 4 is 10.8 Å². The number of ether oxygens (including phenoxy) is 2. The number of hydrogen-bond donors (Lipinski definition) is 1. The highest BCUT2D eigenvalue weighted by molar-refractivity contribution is 5.84. The van der Waals surface area contributed by atoms with Crippen molar-refractivity contribution in [3.8, 4) is 11.5 Å². The largest absolute Gasteiger partial charge is 0.573 e. The summed E-state index contributed by atoms with van der Waals surface area (Å²) in [5.74, 6) is -2.32. The Kier molecular flexibility index (Phi) is 5.46. The van der Waals surface area contributed by atoms with Gasteiger partial charge in [0.15, 0.2) is 11.6 Å². The van der Waals surface area contributed by atoms with Gasteiger partial charge in [-0.05, 0) is 48.6 Å². The first-order valence-corrected chi connectivity index (χ1v) is 9.26. The standard InChI is InChI=1S/C21H17F5N2O2/c22-16-3-1-12-10-27-8-7-14(12)15(16)11-28-18-4-6-20(18)29-13-2-5-19(17(23)9-13)30-21(24,25)26/h1-3,5,7-10,18,20,28H,4,6,11H2/t18-,20-/m1/s1. The zero-order chi connectivity index (χ0) is 21.3. The molecule has 158 valence electrons. The number of halogens is 5. The molecule has 0 bridgehead atoms. The van der Waals surface area contributed by atoms with Crippen molar-refractivity contribution in [3.63, 3.8) is 0 Å². The highest BCUT2D eigenvalue weighted by atomic mass is 19.4. The Morgan fingerprint density at radius 1 is 1.03 bits per heavy atom. The average Bonchev–Trinajstić information content (AvgIpc) is 2.68. The molecular formula is C21H17F5N2O2. The monoisotopic (exact) mass is 424 g/mol. The van der Waals surface area contributed by atoms with Crippen molar-refractivity contribution < 1.29 is 31.4 Å². The van der Waals surface area contributed by atoms with Crippen LogP contribution in [0.25, 0.3) is 10.8 Å². The van der Waals surface area contributed by atoms with E-state index < -0.39 is 17.9 Å². The maximum Gasteiger partial charge on any atom is 0.573 e. The molecule has 1 heterocycles. The number of nitrogens with one attached hydrogen (secondary N) is 1. The highest BCUT2D eigenvalue weighted by Crippen LogP contribution is 2.31. The molecule has 3 aromatic rings. The first-order chi connectivity index (χ1) is 14.3. The highest BCUT2D eigenvalue weighted by Gasteiger charge is 2.34. The number of benzene rings is 2. The quantitative estimate of drug-likeness (QED) is 0.559. The zero-order valence-corrected chi connectivity index (χ0v) is 15.5. The van der Waals surface area contributed by atoms with Crippen LogP contribution in [0, 0.1) is 11.6 Å². The Bertz CT molecular complexity index is 1060. The van der Waals surface area contributed by atoms with Gasteiger partial charge >= 0.3 is 6.36 Å². The summed E-state index contributed by atoms with van der Waals surface area (Å²) >= 11 is 0. The van der Waals surface area contributed by atoms with Gasteiger partial charge in [-0.1, -0.05) is 0 Å². The van der Waals surface area contributed by atoms with E-state index in [0.29, 0.717) is 12.0 Å². The Labute approximate surface area is 168 Å². The van der Waals surface area contributed by atoms with Crippen LogP contribution in [-0.2, 0) is 6.54 Å². The smallest absolute Gasteiger partial charge is 0.489 e. The Morgan fingerprint density at radius 3 is 2.57 bits per heavy atom. The number of rotatable bonds is 6. The number of alkyl halides is 3. The van der Waals surface area contributed by atoms with Gasteiger partial charge in [0.2, 0.25) is 0 Å². The van der Waals surface area contributed by atoms with Gasteiger partial charge in [-0.25, -0.2) is 8.78 Å². The third kappa shape index (κ3) is 4.46. The molecule has 0 amide bonds. The summed E-state index contributed by atoms with van der Waals surface area (Å²) in [4.78, 5) is 4.03. The van der Waals surface area contributed by atoms with Crippen molar-refractivity contribution in [2.24, 2.45) is 0 Å². The van der Waals surface area contributed by atoms with Gasteiger partial charge in [0.25, 0.3) is 0 Å². The SMILES string of the molecule is Fc1cc(O[C@@H]2CC[C@H]2NCc2c(F)ccc3cnccc23)ccc1OC(F)(F)F. The van der Waals surface area contributed by atoms with Crippen molar-refractivity contribution in [2.75, 3.05) is 0 Å². The molecule has 2 aromatic carbocycles. The van der Waals surface area contributed by atoms with Gasteiger partial charge in [-0.15, -0.1) is 13.2 Å². The molecule has 0 aliphatic heterocycles. The third-order valence-corrected chi connectivity index (χ3v) is 5.04. The molecule has 1 saturated carbocycles. The van der Waals surface area contributed by atoms with Crippen LogP contribution in [0.15, 0.2) is 48.8 Å². The molecule has 1 N–H and O–H groups in total. The summed E-state index contributed by atoms with van der Waals surface area (Å²) in [5, 5.41) is 4.83. The lowest BCUT2D eigenvalue weighted by Gasteiger charge is -2.37. The molecule has 0 spiro atoms. The molecule has 1 fully saturated rings. The molecule has 0 saturated heterocycles. The summed E-state index contributed by atoms with van der Waals surface area (Å²) in [7, 11) is 0. The lowest BCUT2D eigenvalue weighted by Crippen LogP contribution is -2.50. The second kappa shape index (κ2) is 8.06. The van der Waals surface area contributed by atoms with E-state index in [-0.39, 0.29) is 30.3 Å². The van der Waals surface area contributed by atoms with E-state index in [4.69, 9.17) is 4.74 Å². The molecule has 1 aliphatic rings. The normalized spacial score (nSPS) is 18.8. The fraction of sp³-hybridized carbons (Fsp3) is 0.286. The molecule has 4 nitrogen and oxygen atoms in total. The first-order valence-electron chi connectivity index (χ1n) is 9.26. The van der Waals surface area contributed by atoms with Gasteiger partial charge in [-0.3, -0.25) is 4.98 Å². The summed E-state index contributed by atoms with van der Waals surface area (Å²) in [6.45, 7) is 0.268. The van der Waals surface area contributed by atoms with Crippen molar-refractivity contribution in [3.05, 3.63) is 66.0 Å². The molecular weight excluding hydrogens is 407 g/mol. The van der Waals surface area contributed by atoms with Crippen molar-refractivity contribution in [1.29, 1.82) is 0 Å². The minimum absolute atomic E-state index is 0.0981. The minimum atomic E-state index is -4.97. The van der Waals surface area contributed by atoms with E-state index in [1.807, 2.05) is 0 Å². The maximum absolute atomic E-state index is 14.3. The average molecular weight is 424 g/mol. The van der Waals surface area contributed by atoms with E-state index in [1.165, 1.54) is 12.1 Å². The van der Waals surface area contributed by atoms with E-state index in [9.17, 15) is 22.0 Å².